The van der Waals surface area contributed by atoms with Crippen LogP contribution in [-0.4, -0.2) is 20.1 Å². The number of halogens is 1. The summed E-state index contributed by atoms with van der Waals surface area (Å²) in [5, 5.41) is 3.43. The number of carbonyl (C=O) groups excluding carboxylic acids is 1. The zero-order chi connectivity index (χ0) is 15.9. The highest BCUT2D eigenvalue weighted by Gasteiger charge is 2.07. The van der Waals surface area contributed by atoms with Gasteiger partial charge in [-0.25, -0.2) is 0 Å². The van der Waals surface area contributed by atoms with Crippen molar-refractivity contribution in [2.45, 2.75) is 13.0 Å². The van der Waals surface area contributed by atoms with Gasteiger partial charge in [0.15, 0.2) is 0 Å². The van der Waals surface area contributed by atoms with Crippen LogP contribution in [-0.2, 0) is 17.8 Å². The largest absolute Gasteiger partial charge is 0.497 e. The number of nitrogens with one attached hydrogen (secondary N) is 1. The first-order valence-electron chi connectivity index (χ1n) is 6.84. The fourth-order valence-corrected chi connectivity index (χ4v) is 2.26. The second-order valence-corrected chi connectivity index (χ2v) is 5.17. The van der Waals surface area contributed by atoms with E-state index in [1.807, 2.05) is 36.4 Å². The molecule has 2 aromatic carbocycles. The Morgan fingerprint density at radius 1 is 1.09 bits per heavy atom. The second kappa shape index (κ2) is 7.71. The number of rotatable bonds is 6. The molecule has 2 aromatic rings. The van der Waals surface area contributed by atoms with Crippen LogP contribution in [0.25, 0.3) is 0 Å². The van der Waals surface area contributed by atoms with Gasteiger partial charge in [0.2, 0.25) is 5.91 Å². The molecule has 0 heterocycles. The Morgan fingerprint density at radius 2 is 1.82 bits per heavy atom. The molecule has 0 saturated heterocycles. The Balaban J connectivity index is 1.92. The maximum absolute atomic E-state index is 12.0. The number of hydrogen-bond donors (Lipinski definition) is 1. The number of benzene rings is 2. The van der Waals surface area contributed by atoms with Crippen LogP contribution in [0, 0.1) is 0 Å². The van der Waals surface area contributed by atoms with Crippen LogP contribution in [0.2, 0.25) is 5.02 Å². The topological polar surface area (TPSA) is 47.6 Å². The molecular formula is C17H18ClNO3. The van der Waals surface area contributed by atoms with Crippen LogP contribution in [0.5, 0.6) is 11.5 Å². The number of carbonyl (C=O) groups is 1. The fourth-order valence-electron chi connectivity index (χ4n) is 2.02. The summed E-state index contributed by atoms with van der Waals surface area (Å²) in [4.78, 5) is 12.0. The highest BCUT2D eigenvalue weighted by Crippen LogP contribution is 2.22. The van der Waals surface area contributed by atoms with Crippen LogP contribution in [0.1, 0.15) is 11.1 Å². The molecule has 0 atom stereocenters. The third kappa shape index (κ3) is 4.40. The Labute approximate surface area is 135 Å². The summed E-state index contributed by atoms with van der Waals surface area (Å²) < 4.78 is 10.2. The third-order valence-corrected chi connectivity index (χ3v) is 3.59. The maximum atomic E-state index is 12.0. The predicted molar refractivity (Wildman–Crippen MR) is 86.5 cm³/mol. The van der Waals surface area contributed by atoms with Crippen LogP contribution >= 0.6 is 11.6 Å². The highest BCUT2D eigenvalue weighted by atomic mass is 35.5. The standard InChI is InChI=1S/C17H18ClNO3/c1-21-14-5-3-4-12(8-14)9-17(20)19-11-13-6-7-15(22-2)10-16(13)18/h3-8,10H,9,11H2,1-2H3,(H,19,20). The lowest BCUT2D eigenvalue weighted by Gasteiger charge is -2.09. The van der Waals surface area contributed by atoms with Crippen molar-refractivity contribution in [1.82, 2.24) is 5.32 Å². The lowest BCUT2D eigenvalue weighted by atomic mass is 10.1. The smallest absolute Gasteiger partial charge is 0.224 e. The zero-order valence-electron chi connectivity index (χ0n) is 12.6. The molecule has 22 heavy (non-hydrogen) atoms. The summed E-state index contributed by atoms with van der Waals surface area (Å²) >= 11 is 6.14. The van der Waals surface area contributed by atoms with E-state index in [0.717, 1.165) is 16.9 Å². The van der Waals surface area contributed by atoms with Gasteiger partial charge in [0.25, 0.3) is 0 Å². The van der Waals surface area contributed by atoms with Crippen LogP contribution in [0.4, 0.5) is 0 Å². The molecule has 0 aliphatic heterocycles. The summed E-state index contributed by atoms with van der Waals surface area (Å²) in [5.74, 6) is 1.36. The van der Waals surface area contributed by atoms with E-state index in [1.165, 1.54) is 0 Å². The van der Waals surface area contributed by atoms with E-state index in [0.29, 0.717) is 23.7 Å². The fraction of sp³-hybridized carbons (Fsp3) is 0.235. The average Bonchev–Trinajstić information content (AvgIpc) is 2.53. The van der Waals surface area contributed by atoms with Crippen molar-refractivity contribution in [3.05, 3.63) is 58.6 Å². The normalized spacial score (nSPS) is 10.1. The van der Waals surface area contributed by atoms with Gasteiger partial charge in [0.1, 0.15) is 11.5 Å². The van der Waals surface area contributed by atoms with Crippen molar-refractivity contribution < 1.29 is 14.3 Å². The van der Waals surface area contributed by atoms with Gasteiger partial charge >= 0.3 is 0 Å². The molecule has 0 unspecified atom stereocenters. The Kier molecular flexibility index (Phi) is 5.67. The van der Waals surface area contributed by atoms with Crippen molar-refractivity contribution in [2.24, 2.45) is 0 Å². The van der Waals surface area contributed by atoms with E-state index in [9.17, 15) is 4.79 Å². The van der Waals surface area contributed by atoms with Crippen LogP contribution in [0.15, 0.2) is 42.5 Å². The Morgan fingerprint density at radius 3 is 2.50 bits per heavy atom. The highest BCUT2D eigenvalue weighted by molar-refractivity contribution is 6.31. The van der Waals surface area contributed by atoms with E-state index in [2.05, 4.69) is 5.32 Å². The third-order valence-electron chi connectivity index (χ3n) is 3.24. The van der Waals surface area contributed by atoms with Gasteiger partial charge in [-0.15, -0.1) is 0 Å². The summed E-state index contributed by atoms with van der Waals surface area (Å²) in [6.45, 7) is 0.381. The lowest BCUT2D eigenvalue weighted by molar-refractivity contribution is -0.120. The van der Waals surface area contributed by atoms with Crippen LogP contribution in [0.3, 0.4) is 0 Å². The summed E-state index contributed by atoms with van der Waals surface area (Å²) in [6.07, 6.45) is 0.297. The van der Waals surface area contributed by atoms with Crippen molar-refractivity contribution >= 4 is 17.5 Å². The Hall–Kier alpha value is -2.20. The molecular weight excluding hydrogens is 302 g/mol. The van der Waals surface area contributed by atoms with Gasteiger partial charge in [0.05, 0.1) is 20.6 Å². The van der Waals surface area contributed by atoms with Crippen molar-refractivity contribution in [3.8, 4) is 11.5 Å². The van der Waals surface area contributed by atoms with Gasteiger partial charge < -0.3 is 14.8 Å². The van der Waals surface area contributed by atoms with E-state index in [4.69, 9.17) is 21.1 Å². The first-order chi connectivity index (χ1) is 10.6. The molecule has 1 N–H and O–H groups in total. The molecule has 4 nitrogen and oxygen atoms in total. The molecule has 0 bridgehead atoms. The molecule has 1 amide bonds. The molecule has 0 aliphatic carbocycles. The number of hydrogen-bond acceptors (Lipinski definition) is 3. The monoisotopic (exact) mass is 319 g/mol. The van der Waals surface area contributed by atoms with Gasteiger partial charge in [0, 0.05) is 11.6 Å². The minimum absolute atomic E-state index is 0.0693. The second-order valence-electron chi connectivity index (χ2n) is 4.76. The van der Waals surface area contributed by atoms with Gasteiger partial charge in [-0.05, 0) is 35.4 Å². The van der Waals surface area contributed by atoms with Crippen molar-refractivity contribution in [1.29, 1.82) is 0 Å². The number of methoxy groups -OCH3 is 2. The molecule has 2 rings (SSSR count). The van der Waals surface area contributed by atoms with Crippen LogP contribution < -0.4 is 14.8 Å². The first kappa shape index (κ1) is 16.2. The molecule has 5 heteroatoms. The minimum Gasteiger partial charge on any atom is -0.497 e. The molecule has 0 spiro atoms. The van der Waals surface area contributed by atoms with Crippen molar-refractivity contribution in [3.63, 3.8) is 0 Å². The molecule has 0 radical (unpaired) electrons. The number of amides is 1. The average molecular weight is 320 g/mol. The summed E-state index contributed by atoms with van der Waals surface area (Å²) in [5.41, 5.74) is 1.75. The SMILES string of the molecule is COc1cccc(CC(=O)NCc2ccc(OC)cc2Cl)c1. The maximum Gasteiger partial charge on any atom is 0.224 e. The molecule has 116 valence electrons. The molecule has 0 aliphatic rings. The Bertz CT molecular complexity index is 658. The van der Waals surface area contributed by atoms with E-state index < -0.39 is 0 Å². The first-order valence-corrected chi connectivity index (χ1v) is 7.22. The van der Waals surface area contributed by atoms with Gasteiger partial charge in [-0.2, -0.15) is 0 Å². The lowest BCUT2D eigenvalue weighted by Crippen LogP contribution is -2.24. The molecule has 0 fully saturated rings. The number of ether oxygens (including phenoxy) is 2. The van der Waals surface area contributed by atoms with Gasteiger partial charge in [-0.1, -0.05) is 29.8 Å². The predicted octanol–water partition coefficient (Wildman–Crippen LogP) is 3.22. The quantitative estimate of drug-likeness (QED) is 0.889. The zero-order valence-corrected chi connectivity index (χ0v) is 13.3. The summed E-state index contributed by atoms with van der Waals surface area (Å²) in [6, 6.07) is 12.8. The van der Waals surface area contributed by atoms with Crippen molar-refractivity contribution in [2.75, 3.05) is 14.2 Å². The minimum atomic E-state index is -0.0693. The van der Waals surface area contributed by atoms with E-state index >= 15 is 0 Å². The summed E-state index contributed by atoms with van der Waals surface area (Å²) in [7, 11) is 3.19. The molecule has 0 aromatic heterocycles. The van der Waals surface area contributed by atoms with Gasteiger partial charge in [-0.3, -0.25) is 4.79 Å². The van der Waals surface area contributed by atoms with E-state index in [-0.39, 0.29) is 5.91 Å². The molecule has 0 saturated carbocycles. The van der Waals surface area contributed by atoms with E-state index in [1.54, 1.807) is 20.3 Å².